The van der Waals surface area contributed by atoms with E-state index in [9.17, 15) is 4.79 Å². The fourth-order valence-corrected chi connectivity index (χ4v) is 3.21. The highest BCUT2D eigenvalue weighted by Gasteiger charge is 2.18. The third-order valence-electron chi connectivity index (χ3n) is 4.86. The lowest BCUT2D eigenvalue weighted by molar-refractivity contribution is -0.139. The molecule has 3 aromatic rings. The molecule has 0 aliphatic rings. The van der Waals surface area contributed by atoms with Crippen molar-refractivity contribution in [3.63, 3.8) is 0 Å². The summed E-state index contributed by atoms with van der Waals surface area (Å²) >= 11 is 0. The number of hydrogen-bond acceptors (Lipinski definition) is 10. The fourth-order valence-electron chi connectivity index (χ4n) is 3.21. The Morgan fingerprint density at radius 1 is 0.917 bits per heavy atom. The molecular weight excluding hydrogens is 468 g/mol. The first-order valence-corrected chi connectivity index (χ1v) is 11.4. The van der Waals surface area contributed by atoms with E-state index in [0.717, 1.165) is 12.0 Å². The number of hydrogen-bond donors (Lipinski definition) is 0. The van der Waals surface area contributed by atoms with Gasteiger partial charge >= 0.3 is 5.97 Å². The van der Waals surface area contributed by atoms with Crippen LogP contribution < -0.4 is 23.7 Å². The largest absolute Gasteiger partial charge is 0.493 e. The second kappa shape index (κ2) is 13.0. The molecule has 0 fully saturated rings. The maximum Gasteiger partial charge on any atom is 0.331 e. The molecule has 1 aromatic heterocycles. The smallest absolute Gasteiger partial charge is 0.331 e. The van der Waals surface area contributed by atoms with Crippen molar-refractivity contribution in [3.8, 4) is 40.2 Å². The summed E-state index contributed by atoms with van der Waals surface area (Å²) in [6.45, 7) is 4.84. The van der Waals surface area contributed by atoms with Crippen molar-refractivity contribution in [1.82, 2.24) is 10.2 Å². The van der Waals surface area contributed by atoms with Crippen molar-refractivity contribution in [2.45, 2.75) is 26.9 Å². The molecule has 0 amide bonds. The third kappa shape index (κ3) is 6.68. The highest BCUT2D eigenvalue weighted by molar-refractivity contribution is 5.87. The summed E-state index contributed by atoms with van der Waals surface area (Å²) < 4.78 is 38.2. The topological polar surface area (TPSA) is 111 Å². The van der Waals surface area contributed by atoms with Crippen molar-refractivity contribution in [1.29, 1.82) is 0 Å². The van der Waals surface area contributed by atoms with Gasteiger partial charge in [-0.2, -0.15) is 0 Å². The number of ether oxygens (including phenoxy) is 6. The Balaban J connectivity index is 1.64. The minimum Gasteiger partial charge on any atom is -0.493 e. The molecule has 0 saturated heterocycles. The lowest BCUT2D eigenvalue weighted by Gasteiger charge is -2.12. The van der Waals surface area contributed by atoms with Gasteiger partial charge in [0.2, 0.25) is 11.6 Å². The molecule has 0 unspecified atom stereocenters. The predicted molar refractivity (Wildman–Crippen MR) is 132 cm³/mol. The second-order valence-corrected chi connectivity index (χ2v) is 7.34. The molecule has 3 rings (SSSR count). The first-order valence-electron chi connectivity index (χ1n) is 11.4. The molecule has 0 radical (unpaired) electrons. The summed E-state index contributed by atoms with van der Waals surface area (Å²) in [6.07, 6.45) is 3.83. The number of esters is 1. The maximum absolute atomic E-state index is 12.2. The van der Waals surface area contributed by atoms with Gasteiger partial charge < -0.3 is 32.8 Å². The number of aromatic nitrogens is 2. The first-order chi connectivity index (χ1) is 17.5. The Morgan fingerprint density at radius 2 is 1.67 bits per heavy atom. The molecule has 0 aliphatic heterocycles. The van der Waals surface area contributed by atoms with E-state index in [0.29, 0.717) is 47.5 Å². The van der Waals surface area contributed by atoms with Gasteiger partial charge in [0.25, 0.3) is 5.89 Å². The van der Waals surface area contributed by atoms with E-state index < -0.39 is 5.97 Å². The minimum atomic E-state index is -0.563. The maximum atomic E-state index is 12.2. The highest BCUT2D eigenvalue weighted by Crippen LogP contribution is 2.40. The van der Waals surface area contributed by atoms with Gasteiger partial charge in [0.05, 0.1) is 34.5 Å². The molecule has 0 saturated carbocycles. The van der Waals surface area contributed by atoms with E-state index in [4.69, 9.17) is 32.8 Å². The Hall–Kier alpha value is -4.21. The molecule has 0 N–H and O–H groups in total. The van der Waals surface area contributed by atoms with Gasteiger partial charge in [-0.05, 0) is 49.2 Å². The molecule has 1 heterocycles. The SMILES string of the molecule is CCCOc1ccc(/C=C/C(=O)OCc2nnc(-c3cc(OC)c(OC)c(OC)c3)o2)cc1OCC. The summed E-state index contributed by atoms with van der Waals surface area (Å²) in [5.74, 6) is 2.40. The minimum absolute atomic E-state index is 0.136. The molecule has 0 bridgehead atoms. The molecule has 0 aliphatic carbocycles. The van der Waals surface area contributed by atoms with Crippen molar-refractivity contribution < 1.29 is 37.6 Å². The summed E-state index contributed by atoms with van der Waals surface area (Å²) in [5.41, 5.74) is 1.33. The number of carbonyl (C=O) groups is 1. The van der Waals surface area contributed by atoms with Crippen molar-refractivity contribution in [3.05, 3.63) is 47.9 Å². The Kier molecular flexibility index (Phi) is 9.56. The van der Waals surface area contributed by atoms with E-state index >= 15 is 0 Å². The zero-order valence-corrected chi connectivity index (χ0v) is 21.0. The summed E-state index contributed by atoms with van der Waals surface area (Å²) in [7, 11) is 4.54. The second-order valence-electron chi connectivity index (χ2n) is 7.34. The van der Waals surface area contributed by atoms with Crippen LogP contribution in [0.5, 0.6) is 28.7 Å². The lowest BCUT2D eigenvalue weighted by Crippen LogP contribution is -2.01. The van der Waals surface area contributed by atoms with Crippen LogP contribution in [0.1, 0.15) is 31.7 Å². The summed E-state index contributed by atoms with van der Waals surface area (Å²) in [6, 6.07) is 8.82. The molecule has 0 spiro atoms. The van der Waals surface area contributed by atoms with Crippen LogP contribution in [0.3, 0.4) is 0 Å². The van der Waals surface area contributed by atoms with Gasteiger partial charge in [-0.15, -0.1) is 10.2 Å². The van der Waals surface area contributed by atoms with E-state index in [1.54, 1.807) is 24.3 Å². The highest BCUT2D eigenvalue weighted by atomic mass is 16.5. The number of carbonyl (C=O) groups excluding carboxylic acids is 1. The monoisotopic (exact) mass is 498 g/mol. The Morgan fingerprint density at radius 3 is 2.31 bits per heavy atom. The number of benzene rings is 2. The normalized spacial score (nSPS) is 10.8. The van der Waals surface area contributed by atoms with Crippen molar-refractivity contribution >= 4 is 12.0 Å². The number of methoxy groups -OCH3 is 3. The van der Waals surface area contributed by atoms with Gasteiger partial charge in [0.15, 0.2) is 29.6 Å². The van der Waals surface area contributed by atoms with Crippen LogP contribution in [-0.4, -0.2) is 50.7 Å². The predicted octanol–water partition coefficient (Wildman–Crippen LogP) is 4.71. The Bertz CT molecular complexity index is 1160. The van der Waals surface area contributed by atoms with E-state index in [-0.39, 0.29) is 18.4 Å². The van der Waals surface area contributed by atoms with Gasteiger partial charge in [-0.3, -0.25) is 0 Å². The van der Waals surface area contributed by atoms with Crippen LogP contribution in [0.25, 0.3) is 17.5 Å². The average molecular weight is 499 g/mol. The fraction of sp³-hybridized carbons (Fsp3) is 0.346. The van der Waals surface area contributed by atoms with Crippen LogP contribution >= 0.6 is 0 Å². The number of rotatable bonds is 13. The van der Waals surface area contributed by atoms with Crippen molar-refractivity contribution in [2.75, 3.05) is 34.5 Å². The van der Waals surface area contributed by atoms with Crippen LogP contribution in [0, 0.1) is 0 Å². The van der Waals surface area contributed by atoms with Crippen molar-refractivity contribution in [2.24, 2.45) is 0 Å². The molecular formula is C26H30N2O8. The van der Waals surface area contributed by atoms with E-state index in [1.807, 2.05) is 26.0 Å². The van der Waals surface area contributed by atoms with Crippen LogP contribution in [0.2, 0.25) is 0 Å². The van der Waals surface area contributed by atoms with Crippen LogP contribution in [0.4, 0.5) is 0 Å². The van der Waals surface area contributed by atoms with Gasteiger partial charge in [-0.25, -0.2) is 4.79 Å². The average Bonchev–Trinajstić information content (AvgIpc) is 3.38. The quantitative estimate of drug-likeness (QED) is 0.243. The number of nitrogens with zero attached hydrogens (tertiary/aromatic N) is 2. The standard InChI is InChI=1S/C26H30N2O8/c1-6-12-34-19-10-8-17(13-20(19)33-7-2)9-11-24(29)35-16-23-27-28-26(36-23)18-14-21(30-3)25(32-5)22(15-18)31-4/h8-11,13-15H,6-7,12,16H2,1-5H3/b11-9+. The molecule has 0 atom stereocenters. The lowest BCUT2D eigenvalue weighted by atomic mass is 10.2. The zero-order valence-electron chi connectivity index (χ0n) is 21.0. The first kappa shape index (κ1) is 26.4. The Labute approximate surface area is 209 Å². The molecule has 192 valence electrons. The van der Waals surface area contributed by atoms with Crippen LogP contribution in [0.15, 0.2) is 40.8 Å². The van der Waals surface area contributed by atoms with Crippen LogP contribution in [-0.2, 0) is 16.1 Å². The van der Waals surface area contributed by atoms with Gasteiger partial charge in [0, 0.05) is 11.6 Å². The van der Waals surface area contributed by atoms with E-state index in [2.05, 4.69) is 10.2 Å². The molecule has 2 aromatic carbocycles. The summed E-state index contributed by atoms with van der Waals surface area (Å²) in [4.78, 5) is 12.2. The molecule has 36 heavy (non-hydrogen) atoms. The van der Waals surface area contributed by atoms with E-state index in [1.165, 1.54) is 27.4 Å². The van der Waals surface area contributed by atoms with Gasteiger partial charge in [-0.1, -0.05) is 13.0 Å². The van der Waals surface area contributed by atoms with Gasteiger partial charge in [0.1, 0.15) is 0 Å². The molecule has 10 heteroatoms. The molecule has 10 nitrogen and oxygen atoms in total. The summed E-state index contributed by atoms with van der Waals surface area (Å²) in [5, 5.41) is 7.96. The third-order valence-corrected chi connectivity index (χ3v) is 4.86. The zero-order chi connectivity index (χ0) is 25.9.